The molecule has 1 aromatic rings. The molecule has 1 heterocycles. The molecule has 0 aliphatic rings. The lowest BCUT2D eigenvalue weighted by Gasteiger charge is -1.69. The molecule has 0 fully saturated rings. The van der Waals surface area contributed by atoms with E-state index in [4.69, 9.17) is 0 Å². The first-order valence-corrected chi connectivity index (χ1v) is 1.77. The van der Waals surface area contributed by atoms with Gasteiger partial charge >= 0.3 is 0 Å². The van der Waals surface area contributed by atoms with Gasteiger partial charge in [-0.15, -0.1) is 0 Å². The van der Waals surface area contributed by atoms with Gasteiger partial charge in [0.15, 0.2) is 18.0 Å². The average molecular weight is 94.1 g/mol. The van der Waals surface area contributed by atoms with E-state index in [-0.39, 0.29) is 5.43 Å². The molecule has 0 unspecified atom stereocenters. The molecular formula is C5H2O2. The highest BCUT2D eigenvalue weighted by atomic mass is 16.3. The van der Waals surface area contributed by atoms with Crippen LogP contribution in [0.1, 0.15) is 0 Å². The third kappa shape index (κ3) is 0.892. The van der Waals surface area contributed by atoms with Crippen LogP contribution in [0.15, 0.2) is 21.3 Å². The molecule has 2 heteroatoms. The van der Waals surface area contributed by atoms with Gasteiger partial charge in [-0.1, -0.05) is 0 Å². The van der Waals surface area contributed by atoms with Gasteiger partial charge in [0.2, 0.25) is 0 Å². The Morgan fingerprint density at radius 3 is 2.29 bits per heavy atom. The normalized spacial score (nSPS) is 8.57. The third-order valence-corrected chi connectivity index (χ3v) is 0.520. The van der Waals surface area contributed by atoms with Gasteiger partial charge < -0.3 is 4.42 Å². The van der Waals surface area contributed by atoms with E-state index in [0.717, 1.165) is 0 Å². The summed E-state index contributed by atoms with van der Waals surface area (Å²) >= 11 is 0. The van der Waals surface area contributed by atoms with Crippen LogP contribution in [0.2, 0.25) is 0 Å². The Bertz CT molecular complexity index is 172. The van der Waals surface area contributed by atoms with E-state index in [1.165, 1.54) is 12.1 Å². The second-order valence-electron chi connectivity index (χ2n) is 1.03. The van der Waals surface area contributed by atoms with Crippen LogP contribution in [0.5, 0.6) is 0 Å². The number of hydrogen-bond donors (Lipinski definition) is 0. The molecule has 0 atom stereocenters. The minimum absolute atomic E-state index is 0.133. The Labute approximate surface area is 40.4 Å². The maximum atomic E-state index is 10.1. The summed E-state index contributed by atoms with van der Waals surface area (Å²) in [6.45, 7) is 0. The van der Waals surface area contributed by atoms with E-state index < -0.39 is 0 Å². The Balaban J connectivity index is 3.28. The molecule has 0 bridgehead atoms. The number of rotatable bonds is 0. The van der Waals surface area contributed by atoms with Crippen molar-refractivity contribution in [1.29, 1.82) is 0 Å². The van der Waals surface area contributed by atoms with Gasteiger partial charge in [-0.2, -0.15) is 0 Å². The first-order valence-electron chi connectivity index (χ1n) is 1.77. The average Bonchev–Trinajstić information content (AvgIpc) is 1.69. The van der Waals surface area contributed by atoms with Gasteiger partial charge in [-0.3, -0.25) is 4.79 Å². The fourth-order valence-electron chi connectivity index (χ4n) is 0.251. The van der Waals surface area contributed by atoms with E-state index in [1.54, 1.807) is 0 Å². The fraction of sp³-hybridized carbons (Fsp3) is 0. The van der Waals surface area contributed by atoms with E-state index >= 15 is 0 Å². The van der Waals surface area contributed by atoms with Crippen molar-refractivity contribution in [3.63, 3.8) is 0 Å². The molecule has 1 rings (SSSR count). The van der Waals surface area contributed by atoms with Crippen molar-refractivity contribution in [2.45, 2.75) is 0 Å². The summed E-state index contributed by atoms with van der Waals surface area (Å²) in [6, 6.07) is 2.41. The molecule has 2 radical (unpaired) electrons. The lowest BCUT2D eigenvalue weighted by Crippen LogP contribution is -1.91. The Morgan fingerprint density at radius 1 is 1.43 bits per heavy atom. The predicted octanol–water partition coefficient (Wildman–Crippen LogP) is 0.240. The summed E-state index contributed by atoms with van der Waals surface area (Å²) in [5.41, 5.74) is -0.133. The van der Waals surface area contributed by atoms with Crippen molar-refractivity contribution >= 4 is 0 Å². The van der Waals surface area contributed by atoms with Crippen molar-refractivity contribution in [2.24, 2.45) is 0 Å². The SMILES string of the molecule is O=c1c[c]o[c]c1. The Kier molecular flexibility index (Phi) is 0.941. The zero-order chi connectivity index (χ0) is 5.11. The molecule has 0 N–H and O–H groups in total. The summed E-state index contributed by atoms with van der Waals surface area (Å²) in [4.78, 5) is 10.1. The first kappa shape index (κ1) is 4.12. The first-order chi connectivity index (χ1) is 3.39. The van der Waals surface area contributed by atoms with Gasteiger partial charge in [0.1, 0.15) is 0 Å². The van der Waals surface area contributed by atoms with Crippen LogP contribution in [-0.2, 0) is 0 Å². The van der Waals surface area contributed by atoms with Crippen LogP contribution in [0.3, 0.4) is 0 Å². The van der Waals surface area contributed by atoms with Crippen molar-refractivity contribution in [2.75, 3.05) is 0 Å². The van der Waals surface area contributed by atoms with Crippen LogP contribution in [0.25, 0.3) is 0 Å². The summed E-state index contributed by atoms with van der Waals surface area (Å²) in [6.07, 6.45) is 4.44. The topological polar surface area (TPSA) is 30.2 Å². The van der Waals surface area contributed by atoms with E-state index in [1.807, 2.05) is 0 Å². The molecule has 0 saturated heterocycles. The number of hydrogen-bond acceptors (Lipinski definition) is 2. The fourth-order valence-corrected chi connectivity index (χ4v) is 0.251. The monoisotopic (exact) mass is 94.0 g/mol. The molecule has 0 aliphatic carbocycles. The third-order valence-electron chi connectivity index (χ3n) is 0.520. The summed E-state index contributed by atoms with van der Waals surface area (Å²) < 4.78 is 4.31. The molecule has 0 aliphatic heterocycles. The van der Waals surface area contributed by atoms with Crippen molar-refractivity contribution < 1.29 is 4.42 Å². The lowest BCUT2D eigenvalue weighted by atomic mass is 10.5. The quantitative estimate of drug-likeness (QED) is 0.461. The van der Waals surface area contributed by atoms with Crippen LogP contribution >= 0.6 is 0 Å². The smallest absolute Gasteiger partial charge is 0.186 e. The summed E-state index contributed by atoms with van der Waals surface area (Å²) in [7, 11) is 0. The Morgan fingerprint density at radius 2 is 2.00 bits per heavy atom. The summed E-state index contributed by atoms with van der Waals surface area (Å²) in [5, 5.41) is 0. The molecular weight excluding hydrogens is 92.1 g/mol. The largest absolute Gasteiger partial charge is 0.449 e. The van der Waals surface area contributed by atoms with Gasteiger partial charge in [-0.25, -0.2) is 0 Å². The van der Waals surface area contributed by atoms with Crippen molar-refractivity contribution in [1.82, 2.24) is 0 Å². The molecule has 0 amide bonds. The Hall–Kier alpha value is -1.05. The molecule has 0 saturated carbocycles. The molecule has 2 nitrogen and oxygen atoms in total. The van der Waals surface area contributed by atoms with Gasteiger partial charge in [-0.05, 0) is 0 Å². The molecule has 34 valence electrons. The van der Waals surface area contributed by atoms with E-state index in [2.05, 4.69) is 16.9 Å². The maximum absolute atomic E-state index is 10.1. The zero-order valence-corrected chi connectivity index (χ0v) is 3.47. The minimum atomic E-state index is -0.133. The maximum Gasteiger partial charge on any atom is 0.186 e. The van der Waals surface area contributed by atoms with Crippen molar-refractivity contribution in [3.8, 4) is 0 Å². The summed E-state index contributed by atoms with van der Waals surface area (Å²) in [5.74, 6) is 0. The van der Waals surface area contributed by atoms with Gasteiger partial charge in [0.25, 0.3) is 0 Å². The minimum Gasteiger partial charge on any atom is -0.449 e. The predicted molar refractivity (Wildman–Crippen MR) is 22.6 cm³/mol. The van der Waals surface area contributed by atoms with Crippen LogP contribution < -0.4 is 5.43 Å². The van der Waals surface area contributed by atoms with Gasteiger partial charge in [0, 0.05) is 12.1 Å². The molecule has 0 spiro atoms. The highest BCUT2D eigenvalue weighted by molar-refractivity contribution is 4.84. The van der Waals surface area contributed by atoms with Crippen LogP contribution in [0.4, 0.5) is 0 Å². The van der Waals surface area contributed by atoms with Crippen molar-refractivity contribution in [3.05, 3.63) is 34.9 Å². The molecule has 7 heavy (non-hydrogen) atoms. The van der Waals surface area contributed by atoms with Crippen LogP contribution in [-0.4, -0.2) is 0 Å². The molecule has 0 aromatic carbocycles. The highest BCUT2D eigenvalue weighted by Gasteiger charge is 1.75. The van der Waals surface area contributed by atoms with Crippen LogP contribution in [0, 0.1) is 12.5 Å². The lowest BCUT2D eigenvalue weighted by molar-refractivity contribution is 0.529. The second-order valence-corrected chi connectivity index (χ2v) is 1.03. The highest BCUT2D eigenvalue weighted by Crippen LogP contribution is 1.69. The standard InChI is InChI=1S/C5H2O2/c6-5-1-3-7-4-2-5/h1-2H. The zero-order valence-electron chi connectivity index (χ0n) is 3.47. The van der Waals surface area contributed by atoms with E-state index in [0.29, 0.717) is 0 Å². The van der Waals surface area contributed by atoms with Gasteiger partial charge in [0.05, 0.1) is 0 Å². The van der Waals surface area contributed by atoms with E-state index in [9.17, 15) is 4.79 Å². The molecule has 1 aromatic heterocycles. The second kappa shape index (κ2) is 1.60.